The van der Waals surface area contributed by atoms with Crippen LogP contribution in [0.25, 0.3) is 0 Å². The summed E-state index contributed by atoms with van der Waals surface area (Å²) in [6.07, 6.45) is 0. The summed E-state index contributed by atoms with van der Waals surface area (Å²) >= 11 is 22.9. The lowest BCUT2D eigenvalue weighted by molar-refractivity contribution is 0.102. The van der Waals surface area contributed by atoms with Crippen LogP contribution in [0.3, 0.4) is 0 Å². The average Bonchev–Trinajstić information content (AvgIpc) is 2.40. The van der Waals surface area contributed by atoms with Gasteiger partial charge in [-0.2, -0.15) is 0 Å². The first kappa shape index (κ1) is 16.0. The van der Waals surface area contributed by atoms with Crippen LogP contribution in [-0.2, 0) is 0 Å². The van der Waals surface area contributed by atoms with E-state index in [1.807, 2.05) is 0 Å². The highest BCUT2D eigenvalue weighted by molar-refractivity contribution is 7.80. The van der Waals surface area contributed by atoms with E-state index in [0.717, 1.165) is 0 Å². The third-order valence-electron chi connectivity index (χ3n) is 2.69. The van der Waals surface area contributed by atoms with Crippen LogP contribution < -0.4 is 11.1 Å². The van der Waals surface area contributed by atoms with Gasteiger partial charge in [0.2, 0.25) is 0 Å². The molecule has 2 aromatic carbocycles. The van der Waals surface area contributed by atoms with E-state index in [-0.39, 0.29) is 20.6 Å². The molecule has 0 aliphatic heterocycles. The van der Waals surface area contributed by atoms with Gasteiger partial charge in [-0.25, -0.2) is 0 Å². The zero-order valence-electron chi connectivity index (χ0n) is 10.5. The highest BCUT2D eigenvalue weighted by atomic mass is 35.5. The molecule has 0 aromatic heterocycles. The first-order chi connectivity index (χ1) is 9.90. The summed E-state index contributed by atoms with van der Waals surface area (Å²) in [5.41, 5.74) is 6.73. The number of rotatable bonds is 3. The Morgan fingerprint density at radius 1 is 1.05 bits per heavy atom. The first-order valence-electron chi connectivity index (χ1n) is 5.75. The SMILES string of the molecule is NC(=S)c1ccc(NC(=O)c2c(Cl)cccc2Cl)c(Cl)c1. The molecule has 0 aliphatic rings. The molecule has 0 saturated carbocycles. The molecule has 0 radical (unpaired) electrons. The van der Waals surface area contributed by atoms with Crippen LogP contribution in [0.5, 0.6) is 0 Å². The zero-order valence-corrected chi connectivity index (χ0v) is 13.6. The number of amides is 1. The standard InChI is InChI=1S/C14H9Cl3N2OS/c15-8-2-1-3-9(16)12(8)14(20)19-11-5-4-7(13(18)21)6-10(11)17/h1-6H,(H2,18,21)(H,19,20). The Morgan fingerprint density at radius 2 is 1.67 bits per heavy atom. The lowest BCUT2D eigenvalue weighted by atomic mass is 10.1. The van der Waals surface area contributed by atoms with E-state index in [4.69, 9.17) is 52.8 Å². The Hall–Kier alpha value is -1.33. The van der Waals surface area contributed by atoms with Crippen LogP contribution in [0.15, 0.2) is 36.4 Å². The van der Waals surface area contributed by atoms with Crippen LogP contribution in [0.1, 0.15) is 15.9 Å². The number of hydrogen-bond donors (Lipinski definition) is 2. The minimum absolute atomic E-state index is 0.190. The third-order valence-corrected chi connectivity index (χ3v) is 3.87. The number of carbonyl (C=O) groups is 1. The number of anilines is 1. The van der Waals surface area contributed by atoms with Crippen molar-refractivity contribution in [3.05, 3.63) is 62.6 Å². The Morgan fingerprint density at radius 3 is 2.19 bits per heavy atom. The predicted octanol–water partition coefficient (Wildman–Crippen LogP) is 4.53. The van der Waals surface area contributed by atoms with Crippen molar-refractivity contribution in [3.63, 3.8) is 0 Å². The molecule has 21 heavy (non-hydrogen) atoms. The third kappa shape index (κ3) is 3.66. The van der Waals surface area contributed by atoms with Crippen molar-refractivity contribution in [1.29, 1.82) is 0 Å². The van der Waals surface area contributed by atoms with Crippen molar-refractivity contribution >= 4 is 63.6 Å². The number of nitrogens with two attached hydrogens (primary N) is 1. The van der Waals surface area contributed by atoms with Crippen molar-refractivity contribution in [2.45, 2.75) is 0 Å². The maximum atomic E-state index is 12.2. The van der Waals surface area contributed by atoms with Crippen molar-refractivity contribution < 1.29 is 4.79 Å². The summed E-state index contributed by atoms with van der Waals surface area (Å²) in [7, 11) is 0. The van der Waals surface area contributed by atoms with Gasteiger partial charge in [0.15, 0.2) is 0 Å². The Kier molecular flexibility index (Phi) is 5.06. The minimum Gasteiger partial charge on any atom is -0.389 e. The van der Waals surface area contributed by atoms with E-state index in [1.54, 1.807) is 36.4 Å². The molecule has 0 bridgehead atoms. The summed E-state index contributed by atoms with van der Waals surface area (Å²) in [5, 5.41) is 3.49. The predicted molar refractivity (Wildman–Crippen MR) is 91.8 cm³/mol. The Labute approximate surface area is 142 Å². The molecule has 7 heteroatoms. The normalized spacial score (nSPS) is 10.2. The van der Waals surface area contributed by atoms with Crippen LogP contribution in [0.4, 0.5) is 5.69 Å². The second-order valence-electron chi connectivity index (χ2n) is 4.11. The van der Waals surface area contributed by atoms with Gasteiger partial charge in [-0.3, -0.25) is 4.79 Å². The summed E-state index contributed by atoms with van der Waals surface area (Å²) in [6.45, 7) is 0. The number of halogens is 3. The number of thiocarbonyl (C=S) groups is 1. The first-order valence-corrected chi connectivity index (χ1v) is 7.29. The van der Waals surface area contributed by atoms with Gasteiger partial charge in [0.25, 0.3) is 5.91 Å². The van der Waals surface area contributed by atoms with Crippen molar-refractivity contribution in [2.75, 3.05) is 5.32 Å². The molecule has 3 nitrogen and oxygen atoms in total. The largest absolute Gasteiger partial charge is 0.389 e. The molecule has 0 aliphatic carbocycles. The molecule has 2 aromatic rings. The second kappa shape index (κ2) is 6.62. The summed E-state index contributed by atoms with van der Waals surface area (Å²) < 4.78 is 0. The highest BCUT2D eigenvalue weighted by Crippen LogP contribution is 2.28. The van der Waals surface area contributed by atoms with E-state index < -0.39 is 5.91 Å². The molecule has 3 N–H and O–H groups in total. The fourth-order valence-corrected chi connectivity index (χ4v) is 2.59. The molecule has 0 unspecified atom stereocenters. The van der Waals surface area contributed by atoms with Crippen LogP contribution >= 0.6 is 47.0 Å². The van der Waals surface area contributed by atoms with Gasteiger partial charge in [0.05, 0.1) is 26.3 Å². The van der Waals surface area contributed by atoms with Crippen LogP contribution in [0.2, 0.25) is 15.1 Å². The van der Waals surface area contributed by atoms with Gasteiger partial charge in [0.1, 0.15) is 4.99 Å². The van der Waals surface area contributed by atoms with Crippen LogP contribution in [0, 0.1) is 0 Å². The molecule has 0 spiro atoms. The van der Waals surface area contributed by atoms with Crippen molar-refractivity contribution in [1.82, 2.24) is 0 Å². The fourth-order valence-electron chi connectivity index (χ4n) is 1.67. The Balaban J connectivity index is 2.30. The maximum absolute atomic E-state index is 12.2. The van der Waals surface area contributed by atoms with E-state index in [1.165, 1.54) is 0 Å². The highest BCUT2D eigenvalue weighted by Gasteiger charge is 2.16. The molecule has 0 fully saturated rings. The second-order valence-corrected chi connectivity index (χ2v) is 5.77. The quantitative estimate of drug-likeness (QED) is 0.791. The smallest absolute Gasteiger partial charge is 0.258 e. The van der Waals surface area contributed by atoms with Gasteiger partial charge in [-0.15, -0.1) is 0 Å². The summed E-state index contributed by atoms with van der Waals surface area (Å²) in [6, 6.07) is 9.68. The van der Waals surface area contributed by atoms with Gasteiger partial charge >= 0.3 is 0 Å². The molecular formula is C14H9Cl3N2OS. The molecule has 108 valence electrons. The average molecular weight is 360 g/mol. The Bertz CT molecular complexity index is 714. The van der Waals surface area contributed by atoms with Crippen molar-refractivity contribution in [2.24, 2.45) is 5.73 Å². The maximum Gasteiger partial charge on any atom is 0.258 e. The van der Waals surface area contributed by atoms with Crippen LogP contribution in [-0.4, -0.2) is 10.9 Å². The number of carbonyl (C=O) groups excluding carboxylic acids is 1. The van der Waals surface area contributed by atoms with Gasteiger partial charge < -0.3 is 11.1 Å². The number of nitrogens with one attached hydrogen (secondary N) is 1. The molecule has 1 amide bonds. The van der Waals surface area contributed by atoms with E-state index >= 15 is 0 Å². The molecule has 0 saturated heterocycles. The van der Waals surface area contributed by atoms with E-state index in [9.17, 15) is 4.79 Å². The lowest BCUT2D eigenvalue weighted by Crippen LogP contribution is -2.14. The summed E-state index contributed by atoms with van der Waals surface area (Å²) in [4.78, 5) is 12.5. The van der Waals surface area contributed by atoms with Gasteiger partial charge in [-0.05, 0) is 30.3 Å². The van der Waals surface area contributed by atoms with E-state index in [0.29, 0.717) is 16.3 Å². The molecule has 2 rings (SSSR count). The monoisotopic (exact) mass is 358 g/mol. The van der Waals surface area contributed by atoms with Gasteiger partial charge in [0, 0.05) is 5.56 Å². The number of benzene rings is 2. The topological polar surface area (TPSA) is 55.1 Å². The molecule has 0 atom stereocenters. The lowest BCUT2D eigenvalue weighted by Gasteiger charge is -2.10. The van der Waals surface area contributed by atoms with E-state index in [2.05, 4.69) is 5.32 Å². The minimum atomic E-state index is -0.449. The van der Waals surface area contributed by atoms with Gasteiger partial charge in [-0.1, -0.05) is 53.1 Å². The number of hydrogen-bond acceptors (Lipinski definition) is 2. The zero-order chi connectivity index (χ0) is 15.6. The molecule has 0 heterocycles. The van der Waals surface area contributed by atoms with Crippen molar-refractivity contribution in [3.8, 4) is 0 Å². The fraction of sp³-hybridized carbons (Fsp3) is 0. The summed E-state index contributed by atoms with van der Waals surface area (Å²) in [5.74, 6) is -0.449. The molecular weight excluding hydrogens is 351 g/mol.